The van der Waals surface area contributed by atoms with Crippen molar-refractivity contribution in [1.82, 2.24) is 9.78 Å². The second-order valence-corrected chi connectivity index (χ2v) is 4.21. The van der Waals surface area contributed by atoms with Gasteiger partial charge in [0.05, 0.1) is 12.4 Å². The molecule has 0 aliphatic heterocycles. The Morgan fingerprint density at radius 1 is 1.53 bits per heavy atom. The normalized spacial score (nSPS) is 9.94. The number of nitrogens with zero attached hydrogens (tertiary/aromatic N) is 3. The molecule has 1 heterocycles. The number of nitriles is 1. The number of hydrogen-bond donors (Lipinski definition) is 0. The molecule has 5 heteroatoms. The molecule has 0 aliphatic rings. The van der Waals surface area contributed by atoms with E-state index in [1.807, 2.05) is 13.0 Å². The maximum atomic E-state index is 9.05. The molecular weight excluding hydrogens is 282 g/mol. The molecule has 0 atom stereocenters. The molecule has 86 valence electrons. The number of hydrogen-bond acceptors (Lipinski definition) is 3. The first-order chi connectivity index (χ1) is 8.24. The van der Waals surface area contributed by atoms with Crippen molar-refractivity contribution in [1.29, 1.82) is 5.26 Å². The van der Waals surface area contributed by atoms with Gasteiger partial charge in [-0.15, -0.1) is 0 Å². The van der Waals surface area contributed by atoms with Crippen LogP contribution >= 0.6 is 15.9 Å². The van der Waals surface area contributed by atoms with Gasteiger partial charge in [0.2, 0.25) is 0 Å². The number of halogens is 1. The average molecular weight is 292 g/mol. The molecule has 0 aliphatic carbocycles. The predicted octanol–water partition coefficient (Wildman–Crippen LogP) is 3.33. The van der Waals surface area contributed by atoms with Crippen molar-refractivity contribution in [3.8, 4) is 17.6 Å². The molecule has 0 spiro atoms. The summed E-state index contributed by atoms with van der Waals surface area (Å²) in [5.74, 6) is 1.15. The standard InChI is InChI=1S/C12H10BrN3O/c1-2-16-8-9(7-15-16)17-12-5-3-4-11(13)10(12)6-14/h3-5,7-8H,2H2,1H3. The summed E-state index contributed by atoms with van der Waals surface area (Å²) in [7, 11) is 0. The van der Waals surface area contributed by atoms with Gasteiger partial charge in [0.25, 0.3) is 0 Å². The second kappa shape index (κ2) is 5.02. The van der Waals surface area contributed by atoms with E-state index in [4.69, 9.17) is 10.00 Å². The summed E-state index contributed by atoms with van der Waals surface area (Å²) in [6.07, 6.45) is 3.42. The highest BCUT2D eigenvalue weighted by Gasteiger charge is 2.09. The van der Waals surface area contributed by atoms with Gasteiger partial charge in [-0.1, -0.05) is 6.07 Å². The van der Waals surface area contributed by atoms with E-state index < -0.39 is 0 Å². The Morgan fingerprint density at radius 3 is 3.00 bits per heavy atom. The van der Waals surface area contributed by atoms with Crippen LogP contribution in [0, 0.1) is 11.3 Å². The van der Waals surface area contributed by atoms with Crippen LogP contribution in [0.3, 0.4) is 0 Å². The number of rotatable bonds is 3. The second-order valence-electron chi connectivity index (χ2n) is 3.36. The van der Waals surface area contributed by atoms with Crippen LogP contribution < -0.4 is 4.74 Å². The van der Waals surface area contributed by atoms with Crippen LogP contribution in [0.5, 0.6) is 11.5 Å². The fourth-order valence-corrected chi connectivity index (χ4v) is 1.83. The van der Waals surface area contributed by atoms with E-state index in [-0.39, 0.29) is 0 Å². The minimum Gasteiger partial charge on any atom is -0.453 e. The van der Waals surface area contributed by atoms with Gasteiger partial charge < -0.3 is 4.74 Å². The molecule has 0 unspecified atom stereocenters. The van der Waals surface area contributed by atoms with Gasteiger partial charge in [-0.3, -0.25) is 4.68 Å². The summed E-state index contributed by atoms with van der Waals surface area (Å²) >= 11 is 3.32. The van der Waals surface area contributed by atoms with Gasteiger partial charge in [-0.25, -0.2) is 0 Å². The SMILES string of the molecule is CCn1cc(Oc2cccc(Br)c2C#N)cn1. The lowest BCUT2D eigenvalue weighted by Crippen LogP contribution is -1.92. The van der Waals surface area contributed by atoms with Gasteiger partial charge in [0.15, 0.2) is 5.75 Å². The zero-order valence-corrected chi connectivity index (χ0v) is 10.8. The summed E-state index contributed by atoms with van der Waals surface area (Å²) in [5.41, 5.74) is 0.483. The van der Waals surface area contributed by atoms with Gasteiger partial charge in [-0.05, 0) is 35.0 Å². The molecule has 0 fully saturated rings. The zero-order chi connectivity index (χ0) is 12.3. The molecule has 0 bridgehead atoms. The van der Waals surface area contributed by atoms with E-state index in [1.54, 1.807) is 29.2 Å². The monoisotopic (exact) mass is 291 g/mol. The van der Waals surface area contributed by atoms with Crippen LogP contribution in [0.2, 0.25) is 0 Å². The molecule has 2 rings (SSSR count). The zero-order valence-electron chi connectivity index (χ0n) is 9.22. The molecule has 0 saturated carbocycles. The number of aromatic nitrogens is 2. The molecular formula is C12H10BrN3O. The molecule has 0 radical (unpaired) electrons. The highest BCUT2D eigenvalue weighted by atomic mass is 79.9. The van der Waals surface area contributed by atoms with Crippen LogP contribution in [0.4, 0.5) is 0 Å². The van der Waals surface area contributed by atoms with Crippen LogP contribution in [0.1, 0.15) is 12.5 Å². The minimum atomic E-state index is 0.483. The molecule has 0 N–H and O–H groups in total. The lowest BCUT2D eigenvalue weighted by molar-refractivity contribution is 0.479. The van der Waals surface area contributed by atoms with E-state index >= 15 is 0 Å². The van der Waals surface area contributed by atoms with Crippen LogP contribution in [-0.2, 0) is 6.54 Å². The van der Waals surface area contributed by atoms with Gasteiger partial charge in [0, 0.05) is 11.0 Å². The van der Waals surface area contributed by atoms with Crippen molar-refractivity contribution >= 4 is 15.9 Å². The van der Waals surface area contributed by atoms with Crippen LogP contribution in [0.15, 0.2) is 35.1 Å². The Hall–Kier alpha value is -1.80. The fraction of sp³-hybridized carbons (Fsp3) is 0.167. The van der Waals surface area contributed by atoms with Crippen molar-refractivity contribution in [2.24, 2.45) is 0 Å². The van der Waals surface area contributed by atoms with E-state index in [0.717, 1.165) is 11.0 Å². The van der Waals surface area contributed by atoms with Crippen LogP contribution in [-0.4, -0.2) is 9.78 Å². The first kappa shape index (κ1) is 11.7. The third kappa shape index (κ3) is 2.48. The average Bonchev–Trinajstić information content (AvgIpc) is 2.77. The third-order valence-electron chi connectivity index (χ3n) is 2.25. The van der Waals surface area contributed by atoms with Gasteiger partial charge in [-0.2, -0.15) is 10.4 Å². The Labute approximate surface area is 108 Å². The molecule has 2 aromatic rings. The maximum absolute atomic E-state index is 9.05. The number of benzene rings is 1. The molecule has 0 saturated heterocycles. The third-order valence-corrected chi connectivity index (χ3v) is 2.91. The maximum Gasteiger partial charge on any atom is 0.165 e. The van der Waals surface area contributed by atoms with Gasteiger partial charge >= 0.3 is 0 Å². The topological polar surface area (TPSA) is 50.8 Å². The number of ether oxygens (including phenoxy) is 1. The molecule has 1 aromatic carbocycles. The lowest BCUT2D eigenvalue weighted by Gasteiger charge is -2.05. The fourth-order valence-electron chi connectivity index (χ4n) is 1.40. The summed E-state index contributed by atoms with van der Waals surface area (Å²) in [5, 5.41) is 13.2. The Bertz CT molecular complexity index is 571. The first-order valence-electron chi connectivity index (χ1n) is 5.13. The molecule has 17 heavy (non-hydrogen) atoms. The molecule has 1 aromatic heterocycles. The predicted molar refractivity (Wildman–Crippen MR) is 66.8 cm³/mol. The highest BCUT2D eigenvalue weighted by molar-refractivity contribution is 9.10. The van der Waals surface area contributed by atoms with Crippen molar-refractivity contribution in [3.05, 3.63) is 40.6 Å². The first-order valence-corrected chi connectivity index (χ1v) is 5.92. The summed E-state index contributed by atoms with van der Waals surface area (Å²) in [6, 6.07) is 7.49. The van der Waals surface area contributed by atoms with Crippen molar-refractivity contribution in [2.75, 3.05) is 0 Å². The Balaban J connectivity index is 2.30. The largest absolute Gasteiger partial charge is 0.453 e. The highest BCUT2D eigenvalue weighted by Crippen LogP contribution is 2.29. The number of aryl methyl sites for hydroxylation is 1. The van der Waals surface area contributed by atoms with E-state index in [2.05, 4.69) is 27.1 Å². The van der Waals surface area contributed by atoms with E-state index in [0.29, 0.717) is 17.1 Å². The van der Waals surface area contributed by atoms with Crippen molar-refractivity contribution < 1.29 is 4.74 Å². The minimum absolute atomic E-state index is 0.483. The Morgan fingerprint density at radius 2 is 2.35 bits per heavy atom. The van der Waals surface area contributed by atoms with E-state index in [9.17, 15) is 0 Å². The summed E-state index contributed by atoms with van der Waals surface area (Å²) < 4.78 is 8.11. The lowest BCUT2D eigenvalue weighted by atomic mass is 10.2. The smallest absolute Gasteiger partial charge is 0.165 e. The van der Waals surface area contributed by atoms with Crippen molar-refractivity contribution in [3.63, 3.8) is 0 Å². The Kier molecular flexibility index (Phi) is 3.45. The summed E-state index contributed by atoms with van der Waals surface area (Å²) in [4.78, 5) is 0. The van der Waals surface area contributed by atoms with Gasteiger partial charge in [0.1, 0.15) is 17.4 Å². The van der Waals surface area contributed by atoms with Crippen molar-refractivity contribution in [2.45, 2.75) is 13.5 Å². The molecule has 4 nitrogen and oxygen atoms in total. The van der Waals surface area contributed by atoms with E-state index in [1.165, 1.54) is 0 Å². The summed E-state index contributed by atoms with van der Waals surface area (Å²) in [6.45, 7) is 2.78. The quantitative estimate of drug-likeness (QED) is 0.871. The van der Waals surface area contributed by atoms with Crippen LogP contribution in [0.25, 0.3) is 0 Å². The molecule has 0 amide bonds.